The zero-order valence-corrected chi connectivity index (χ0v) is 10.8. The Labute approximate surface area is 108 Å². The maximum absolute atomic E-state index is 11.5. The van der Waals surface area contributed by atoms with Gasteiger partial charge in [-0.15, -0.1) is 0 Å². The number of carboxylic acid groups (broad SMARTS) is 1. The summed E-state index contributed by atoms with van der Waals surface area (Å²) in [6.07, 6.45) is 5.95. The SMILES string of the molecule is CN1CCC[C@]1(CCCc1ccccn1)C(=O)O. The van der Waals surface area contributed by atoms with Gasteiger partial charge in [-0.1, -0.05) is 6.07 Å². The van der Waals surface area contributed by atoms with Crippen LogP contribution in [0.5, 0.6) is 0 Å². The average Bonchev–Trinajstić information content (AvgIpc) is 2.73. The Morgan fingerprint density at radius 3 is 2.94 bits per heavy atom. The van der Waals surface area contributed by atoms with Crippen molar-refractivity contribution >= 4 is 5.97 Å². The number of rotatable bonds is 5. The van der Waals surface area contributed by atoms with Gasteiger partial charge in [-0.3, -0.25) is 14.7 Å². The van der Waals surface area contributed by atoms with Crippen LogP contribution >= 0.6 is 0 Å². The second-order valence-electron chi connectivity index (χ2n) is 5.04. The quantitative estimate of drug-likeness (QED) is 0.865. The van der Waals surface area contributed by atoms with E-state index in [1.165, 1.54) is 0 Å². The standard InChI is InChI=1S/C14H20N2O2/c1-16-11-5-9-14(16,13(17)18)8-4-7-12-6-2-3-10-15-12/h2-3,6,10H,4-5,7-9,11H2,1H3,(H,17,18)/t14-/m1/s1. The molecule has 0 bridgehead atoms. The Morgan fingerprint density at radius 2 is 2.39 bits per heavy atom. The summed E-state index contributed by atoms with van der Waals surface area (Å²) in [7, 11) is 1.92. The lowest BCUT2D eigenvalue weighted by Crippen LogP contribution is -2.48. The fourth-order valence-corrected chi connectivity index (χ4v) is 2.81. The Kier molecular flexibility index (Phi) is 3.97. The van der Waals surface area contributed by atoms with Gasteiger partial charge in [0, 0.05) is 11.9 Å². The van der Waals surface area contributed by atoms with Crippen molar-refractivity contribution in [2.24, 2.45) is 0 Å². The summed E-state index contributed by atoms with van der Waals surface area (Å²) < 4.78 is 0. The van der Waals surface area contributed by atoms with Crippen LogP contribution < -0.4 is 0 Å². The lowest BCUT2D eigenvalue weighted by atomic mass is 9.89. The van der Waals surface area contributed by atoms with Crippen LogP contribution in [-0.2, 0) is 11.2 Å². The van der Waals surface area contributed by atoms with E-state index in [-0.39, 0.29) is 0 Å². The van der Waals surface area contributed by atoms with E-state index in [1.54, 1.807) is 6.20 Å². The number of aliphatic carboxylic acids is 1. The molecule has 2 heterocycles. The van der Waals surface area contributed by atoms with Gasteiger partial charge in [-0.05, 0) is 57.8 Å². The highest BCUT2D eigenvalue weighted by molar-refractivity contribution is 5.79. The van der Waals surface area contributed by atoms with E-state index in [0.29, 0.717) is 6.42 Å². The number of hydrogen-bond donors (Lipinski definition) is 1. The minimum atomic E-state index is -0.677. The van der Waals surface area contributed by atoms with Gasteiger partial charge < -0.3 is 5.11 Å². The van der Waals surface area contributed by atoms with Crippen LogP contribution in [0.1, 0.15) is 31.4 Å². The van der Waals surface area contributed by atoms with Crippen molar-refractivity contribution in [3.05, 3.63) is 30.1 Å². The van der Waals surface area contributed by atoms with Crippen LogP contribution in [0.4, 0.5) is 0 Å². The molecule has 1 atom stereocenters. The van der Waals surface area contributed by atoms with Crippen LogP contribution in [0, 0.1) is 0 Å². The maximum atomic E-state index is 11.5. The van der Waals surface area contributed by atoms with Crippen molar-refractivity contribution in [3.63, 3.8) is 0 Å². The third-order valence-corrected chi connectivity index (χ3v) is 3.96. The monoisotopic (exact) mass is 248 g/mol. The van der Waals surface area contributed by atoms with E-state index in [4.69, 9.17) is 0 Å². The normalized spacial score (nSPS) is 24.3. The van der Waals surface area contributed by atoms with Crippen molar-refractivity contribution in [1.82, 2.24) is 9.88 Å². The lowest BCUT2D eigenvalue weighted by Gasteiger charge is -2.31. The summed E-state index contributed by atoms with van der Waals surface area (Å²) in [6, 6.07) is 5.86. The number of carboxylic acids is 1. The zero-order chi connectivity index (χ0) is 13.0. The molecule has 0 spiro atoms. The highest BCUT2D eigenvalue weighted by atomic mass is 16.4. The average molecular weight is 248 g/mol. The molecular formula is C14H20N2O2. The number of likely N-dealkylation sites (N-methyl/N-ethyl adjacent to an activating group) is 1. The molecule has 98 valence electrons. The highest BCUT2D eigenvalue weighted by Crippen LogP contribution is 2.32. The predicted molar refractivity (Wildman–Crippen MR) is 69.4 cm³/mol. The minimum absolute atomic E-state index is 0.644. The molecule has 2 rings (SSSR count). The number of hydrogen-bond acceptors (Lipinski definition) is 3. The molecule has 4 nitrogen and oxygen atoms in total. The largest absolute Gasteiger partial charge is 0.480 e. The molecule has 18 heavy (non-hydrogen) atoms. The van der Waals surface area contributed by atoms with Crippen molar-refractivity contribution in [2.75, 3.05) is 13.6 Å². The van der Waals surface area contributed by atoms with Crippen molar-refractivity contribution in [1.29, 1.82) is 0 Å². The third kappa shape index (κ3) is 2.53. The summed E-state index contributed by atoms with van der Waals surface area (Å²) >= 11 is 0. The van der Waals surface area contributed by atoms with Crippen LogP contribution in [0.3, 0.4) is 0 Å². The Hall–Kier alpha value is -1.42. The first-order valence-corrected chi connectivity index (χ1v) is 6.50. The molecule has 0 unspecified atom stereocenters. The van der Waals surface area contributed by atoms with Crippen molar-refractivity contribution in [3.8, 4) is 0 Å². The van der Waals surface area contributed by atoms with Gasteiger partial charge in [-0.25, -0.2) is 0 Å². The number of aryl methyl sites for hydroxylation is 1. The molecule has 4 heteroatoms. The number of likely N-dealkylation sites (tertiary alicyclic amines) is 1. The molecule has 0 radical (unpaired) electrons. The van der Waals surface area contributed by atoms with Crippen LogP contribution in [0.2, 0.25) is 0 Å². The van der Waals surface area contributed by atoms with Crippen LogP contribution in [0.15, 0.2) is 24.4 Å². The Balaban J connectivity index is 1.93. The third-order valence-electron chi connectivity index (χ3n) is 3.96. The molecule has 1 fully saturated rings. The Morgan fingerprint density at radius 1 is 1.56 bits per heavy atom. The van der Waals surface area contributed by atoms with E-state index in [9.17, 15) is 9.90 Å². The highest BCUT2D eigenvalue weighted by Gasteiger charge is 2.44. The molecule has 0 amide bonds. The van der Waals surface area contributed by atoms with E-state index in [0.717, 1.165) is 37.9 Å². The lowest BCUT2D eigenvalue weighted by molar-refractivity contribution is -0.149. The summed E-state index contributed by atoms with van der Waals surface area (Å²) in [6.45, 7) is 0.885. The van der Waals surface area contributed by atoms with E-state index >= 15 is 0 Å². The first-order valence-electron chi connectivity index (χ1n) is 6.50. The summed E-state index contributed by atoms with van der Waals surface area (Å²) in [4.78, 5) is 17.8. The first-order chi connectivity index (χ1) is 8.65. The molecule has 0 aromatic carbocycles. The van der Waals surface area contributed by atoms with E-state index in [1.807, 2.05) is 30.1 Å². The van der Waals surface area contributed by atoms with E-state index < -0.39 is 11.5 Å². The second kappa shape index (κ2) is 5.48. The smallest absolute Gasteiger partial charge is 0.324 e. The van der Waals surface area contributed by atoms with Crippen LogP contribution in [0.25, 0.3) is 0 Å². The molecular weight excluding hydrogens is 228 g/mol. The number of pyridine rings is 1. The number of nitrogens with zero attached hydrogens (tertiary/aromatic N) is 2. The van der Waals surface area contributed by atoms with Gasteiger partial charge in [-0.2, -0.15) is 0 Å². The maximum Gasteiger partial charge on any atom is 0.324 e. The molecule has 1 aliphatic heterocycles. The Bertz CT molecular complexity index is 408. The van der Waals surface area contributed by atoms with Gasteiger partial charge in [0.1, 0.15) is 5.54 Å². The fraction of sp³-hybridized carbons (Fsp3) is 0.571. The van der Waals surface area contributed by atoms with Gasteiger partial charge in [0.15, 0.2) is 0 Å². The number of carbonyl (C=O) groups is 1. The minimum Gasteiger partial charge on any atom is -0.480 e. The number of aromatic nitrogens is 1. The molecule has 1 aromatic heterocycles. The molecule has 1 N–H and O–H groups in total. The molecule has 1 aromatic rings. The van der Waals surface area contributed by atoms with Gasteiger partial charge in [0.05, 0.1) is 0 Å². The summed E-state index contributed by atoms with van der Waals surface area (Å²) in [5.41, 5.74) is 0.396. The van der Waals surface area contributed by atoms with Crippen molar-refractivity contribution in [2.45, 2.75) is 37.6 Å². The van der Waals surface area contributed by atoms with E-state index in [2.05, 4.69) is 4.98 Å². The predicted octanol–water partition coefficient (Wildman–Crippen LogP) is 1.95. The fourth-order valence-electron chi connectivity index (χ4n) is 2.81. The first kappa shape index (κ1) is 13.0. The molecule has 0 aliphatic carbocycles. The molecule has 1 aliphatic rings. The van der Waals surface area contributed by atoms with Gasteiger partial charge >= 0.3 is 5.97 Å². The second-order valence-corrected chi connectivity index (χ2v) is 5.04. The summed E-state index contributed by atoms with van der Waals surface area (Å²) in [5.74, 6) is -0.677. The zero-order valence-electron chi connectivity index (χ0n) is 10.8. The van der Waals surface area contributed by atoms with Crippen LogP contribution in [-0.4, -0.2) is 40.1 Å². The van der Waals surface area contributed by atoms with Gasteiger partial charge in [0.2, 0.25) is 0 Å². The summed E-state index contributed by atoms with van der Waals surface area (Å²) in [5, 5.41) is 9.47. The molecule has 0 saturated carbocycles. The van der Waals surface area contributed by atoms with Gasteiger partial charge in [0.25, 0.3) is 0 Å². The van der Waals surface area contributed by atoms with Crippen molar-refractivity contribution < 1.29 is 9.90 Å². The molecule has 1 saturated heterocycles. The topological polar surface area (TPSA) is 53.4 Å².